The molecule has 3 heterocycles. The summed E-state index contributed by atoms with van der Waals surface area (Å²) in [5, 5.41) is 3.72. The SMILES string of the molecule is O=C(ON(c1nccs1)S(=O)(=O)c1cc(Cl)c(OC2C[C@H]3CC[C@@H](C2)N3)cc1F)C(F)(F)F. The number of nitrogens with one attached hydrogen (secondary N) is 1. The van der Waals surface area contributed by atoms with Crippen molar-refractivity contribution in [1.82, 2.24) is 10.3 Å². The first-order valence-corrected chi connectivity index (χ1v) is 12.3. The van der Waals surface area contributed by atoms with Crippen LogP contribution in [0.1, 0.15) is 25.7 Å². The van der Waals surface area contributed by atoms with Crippen molar-refractivity contribution in [2.24, 2.45) is 0 Å². The van der Waals surface area contributed by atoms with E-state index >= 15 is 0 Å². The lowest BCUT2D eigenvalue weighted by atomic mass is 10.0. The average Bonchev–Trinajstić information content (AvgIpc) is 3.37. The van der Waals surface area contributed by atoms with Gasteiger partial charge in [-0.1, -0.05) is 16.1 Å². The minimum Gasteiger partial charge on any atom is -0.489 e. The fraction of sp³-hybridized carbons (Fsp3) is 0.444. The molecule has 0 saturated carbocycles. The summed E-state index contributed by atoms with van der Waals surface area (Å²) in [5.41, 5.74) is 0. The van der Waals surface area contributed by atoms with Crippen molar-refractivity contribution in [1.29, 1.82) is 0 Å². The number of halogens is 5. The summed E-state index contributed by atoms with van der Waals surface area (Å²) in [4.78, 5) is 17.8. The van der Waals surface area contributed by atoms with Crippen molar-refractivity contribution in [3.63, 3.8) is 0 Å². The number of sulfonamides is 1. The Hall–Kier alpha value is -2.16. The Kier molecular flexibility index (Phi) is 6.46. The molecule has 0 amide bonds. The van der Waals surface area contributed by atoms with Gasteiger partial charge in [-0.15, -0.1) is 11.3 Å². The largest absolute Gasteiger partial charge is 0.493 e. The van der Waals surface area contributed by atoms with Gasteiger partial charge in [-0.3, -0.25) is 0 Å². The van der Waals surface area contributed by atoms with Crippen LogP contribution in [-0.4, -0.2) is 43.7 Å². The molecule has 180 valence electrons. The molecule has 3 atom stereocenters. The Morgan fingerprint density at radius 1 is 1.24 bits per heavy atom. The minimum atomic E-state index is -5.51. The van der Waals surface area contributed by atoms with Crippen LogP contribution in [0.25, 0.3) is 0 Å². The molecule has 15 heteroatoms. The van der Waals surface area contributed by atoms with Gasteiger partial charge in [0.05, 0.1) is 5.02 Å². The standard InChI is InChI=1S/C18H16ClF4N3O5S2/c19-12-7-15(13(20)8-14(12)30-11-5-9-1-2-10(6-11)25-9)33(28,29)26(17-24-3-4-32-17)31-16(27)18(21,22)23/h3-4,7-11,25H,1-2,5-6H2/t9-,10+,11?. The predicted octanol–water partition coefficient (Wildman–Crippen LogP) is 3.81. The molecule has 1 aromatic heterocycles. The second kappa shape index (κ2) is 8.89. The minimum absolute atomic E-state index is 0.104. The number of aromatic nitrogens is 1. The van der Waals surface area contributed by atoms with E-state index in [0.29, 0.717) is 30.2 Å². The van der Waals surface area contributed by atoms with E-state index in [9.17, 15) is 30.8 Å². The highest BCUT2D eigenvalue weighted by Crippen LogP contribution is 2.37. The molecule has 1 N–H and O–H groups in total. The Morgan fingerprint density at radius 2 is 1.91 bits per heavy atom. The summed E-state index contributed by atoms with van der Waals surface area (Å²) in [5.74, 6) is -4.28. The van der Waals surface area contributed by atoms with Crippen LogP contribution in [0.3, 0.4) is 0 Å². The summed E-state index contributed by atoms with van der Waals surface area (Å²) in [6.07, 6.45) is -1.38. The third kappa shape index (κ3) is 5.03. The molecular formula is C18H16ClF4N3O5S2. The Bertz CT molecular complexity index is 1130. The molecule has 33 heavy (non-hydrogen) atoms. The number of fused-ring (bicyclic) bond motifs is 2. The van der Waals surface area contributed by atoms with Crippen molar-refractivity contribution >= 4 is 44.1 Å². The molecule has 4 rings (SSSR count). The van der Waals surface area contributed by atoms with Gasteiger partial charge >= 0.3 is 22.2 Å². The van der Waals surface area contributed by atoms with Crippen molar-refractivity contribution < 1.29 is 40.3 Å². The van der Waals surface area contributed by atoms with Gasteiger partial charge in [0.15, 0.2) is 0 Å². The zero-order valence-electron chi connectivity index (χ0n) is 16.5. The summed E-state index contributed by atoms with van der Waals surface area (Å²) in [7, 11) is -5.18. The number of piperidine rings is 1. The van der Waals surface area contributed by atoms with Gasteiger partial charge in [-0.2, -0.15) is 21.6 Å². The molecule has 1 unspecified atom stereocenters. The first-order valence-electron chi connectivity index (χ1n) is 9.61. The number of hydrogen-bond acceptors (Lipinski definition) is 8. The smallest absolute Gasteiger partial charge is 0.489 e. The number of ether oxygens (including phenoxy) is 1. The third-order valence-electron chi connectivity index (χ3n) is 5.18. The first kappa shape index (κ1) is 24.0. The van der Waals surface area contributed by atoms with Gasteiger partial charge in [0.2, 0.25) is 5.13 Å². The number of alkyl halides is 3. The Balaban J connectivity index is 1.63. The van der Waals surface area contributed by atoms with E-state index in [4.69, 9.17) is 16.3 Å². The van der Waals surface area contributed by atoms with Crippen molar-refractivity contribution in [2.45, 2.75) is 54.9 Å². The van der Waals surface area contributed by atoms with E-state index in [1.807, 2.05) is 0 Å². The maximum atomic E-state index is 14.9. The van der Waals surface area contributed by atoms with Gasteiger partial charge in [-0.25, -0.2) is 14.2 Å². The van der Waals surface area contributed by atoms with E-state index in [1.165, 1.54) is 5.38 Å². The second-order valence-corrected chi connectivity index (χ2v) is 10.5. The average molecular weight is 530 g/mol. The maximum absolute atomic E-state index is 14.9. The lowest BCUT2D eigenvalue weighted by Crippen LogP contribution is -2.42. The molecule has 8 nitrogen and oxygen atoms in total. The summed E-state index contributed by atoms with van der Waals surface area (Å²) >= 11 is 6.68. The van der Waals surface area contributed by atoms with Crippen molar-refractivity contribution in [3.05, 3.63) is 34.5 Å². The Morgan fingerprint density at radius 3 is 2.48 bits per heavy atom. The van der Waals surface area contributed by atoms with Crippen LogP contribution in [0.2, 0.25) is 5.02 Å². The van der Waals surface area contributed by atoms with E-state index in [0.717, 1.165) is 25.1 Å². The molecule has 2 bridgehead atoms. The van der Waals surface area contributed by atoms with Crippen LogP contribution in [-0.2, 0) is 19.7 Å². The predicted molar refractivity (Wildman–Crippen MR) is 109 cm³/mol. The number of carbonyl (C=O) groups is 1. The molecule has 0 spiro atoms. The lowest BCUT2D eigenvalue weighted by Gasteiger charge is -2.30. The van der Waals surface area contributed by atoms with E-state index < -0.39 is 38.0 Å². The lowest BCUT2D eigenvalue weighted by molar-refractivity contribution is -0.199. The molecule has 2 aromatic rings. The molecule has 2 saturated heterocycles. The number of rotatable bonds is 6. The van der Waals surface area contributed by atoms with Crippen LogP contribution in [0.15, 0.2) is 28.6 Å². The highest BCUT2D eigenvalue weighted by molar-refractivity contribution is 7.92. The summed E-state index contributed by atoms with van der Waals surface area (Å²) in [6, 6.07) is 1.98. The zero-order valence-corrected chi connectivity index (χ0v) is 18.9. The number of hydrogen-bond donors (Lipinski definition) is 1. The Labute approximate surface area is 194 Å². The van der Waals surface area contributed by atoms with Crippen LogP contribution >= 0.6 is 22.9 Å². The van der Waals surface area contributed by atoms with Crippen LogP contribution in [0.5, 0.6) is 5.75 Å². The van der Waals surface area contributed by atoms with Crippen LogP contribution in [0, 0.1) is 5.82 Å². The molecule has 2 aliphatic rings. The van der Waals surface area contributed by atoms with Crippen molar-refractivity contribution in [3.8, 4) is 5.75 Å². The number of anilines is 1. The van der Waals surface area contributed by atoms with Crippen LogP contribution < -0.4 is 14.5 Å². The van der Waals surface area contributed by atoms with E-state index in [1.54, 1.807) is 0 Å². The monoisotopic (exact) mass is 529 g/mol. The highest BCUT2D eigenvalue weighted by atomic mass is 35.5. The van der Waals surface area contributed by atoms with E-state index in [-0.39, 0.29) is 33.4 Å². The number of carbonyl (C=O) groups excluding carboxylic acids is 1. The summed E-state index contributed by atoms with van der Waals surface area (Å²) in [6.45, 7) is 0. The van der Waals surface area contributed by atoms with Gasteiger partial charge in [0.25, 0.3) is 0 Å². The first-order chi connectivity index (χ1) is 15.4. The van der Waals surface area contributed by atoms with Gasteiger partial charge in [0, 0.05) is 29.7 Å². The second-order valence-electron chi connectivity index (χ2n) is 7.49. The van der Waals surface area contributed by atoms with Gasteiger partial charge in [-0.05, 0) is 31.7 Å². The fourth-order valence-corrected chi connectivity index (χ4v) is 6.15. The molecular weight excluding hydrogens is 514 g/mol. The normalized spacial score (nSPS) is 22.8. The molecule has 0 aliphatic carbocycles. The fourth-order valence-electron chi connectivity index (χ4n) is 3.79. The molecule has 2 aliphatic heterocycles. The number of benzene rings is 1. The molecule has 1 aromatic carbocycles. The molecule has 2 fully saturated rings. The van der Waals surface area contributed by atoms with Crippen molar-refractivity contribution in [2.75, 3.05) is 4.47 Å². The zero-order chi connectivity index (χ0) is 24.0. The van der Waals surface area contributed by atoms with Gasteiger partial charge < -0.3 is 14.9 Å². The quantitative estimate of drug-likeness (QED) is 0.449. The van der Waals surface area contributed by atoms with Crippen LogP contribution in [0.4, 0.5) is 22.7 Å². The maximum Gasteiger partial charge on any atom is 0.493 e. The number of thiazole rings is 1. The highest BCUT2D eigenvalue weighted by Gasteiger charge is 2.46. The summed E-state index contributed by atoms with van der Waals surface area (Å²) < 4.78 is 84.3. The third-order valence-corrected chi connectivity index (χ3v) is 7.88. The number of nitrogens with zero attached hydrogens (tertiary/aromatic N) is 2. The van der Waals surface area contributed by atoms with Gasteiger partial charge in [0.1, 0.15) is 22.6 Å². The molecule has 0 radical (unpaired) electrons. The topological polar surface area (TPSA) is 97.8 Å². The van der Waals surface area contributed by atoms with E-state index in [2.05, 4.69) is 15.1 Å².